The maximum Gasteiger partial charge on any atom is 0.256 e. The van der Waals surface area contributed by atoms with Gasteiger partial charge in [0.15, 0.2) is 0 Å². The summed E-state index contributed by atoms with van der Waals surface area (Å²) < 4.78 is 21.7. The number of hydrogen-bond acceptors (Lipinski definition) is 9. The van der Waals surface area contributed by atoms with Gasteiger partial charge in [-0.05, 0) is 24.6 Å². The number of carbonyl (C=O) groups is 1. The standard InChI is InChI=1S/C26H32FN9O2/c1-6-29-19-13-30-25(31-16-9-10-38-14-16)34-22(19)23(28)32-18-11-15(7-8-17(18)27)24(37)33-21-12-20(26(2,3)4)35-36(21)5/h6-8,11-13,16,32H,1,9-10,14,28H2,2-5H3,(H,31,34)(H,33,37)/b23-22-,29-19-. The number of guanidine groups is 1. The molecule has 0 radical (unpaired) electrons. The molecule has 0 aliphatic carbocycles. The molecule has 1 fully saturated rings. The first kappa shape index (κ1) is 26.7. The van der Waals surface area contributed by atoms with E-state index in [-0.39, 0.29) is 34.2 Å². The van der Waals surface area contributed by atoms with Gasteiger partial charge in [0, 0.05) is 36.9 Å². The van der Waals surface area contributed by atoms with Gasteiger partial charge in [0.25, 0.3) is 5.91 Å². The molecule has 1 atom stereocenters. The van der Waals surface area contributed by atoms with Crippen LogP contribution in [-0.4, -0.2) is 52.8 Å². The minimum atomic E-state index is -0.599. The average molecular weight is 522 g/mol. The number of benzene rings is 1. The van der Waals surface area contributed by atoms with Crippen LogP contribution >= 0.6 is 0 Å². The van der Waals surface area contributed by atoms with Crippen molar-refractivity contribution in [2.75, 3.05) is 23.8 Å². The van der Waals surface area contributed by atoms with Crippen LogP contribution in [0.3, 0.4) is 0 Å². The molecule has 1 unspecified atom stereocenters. The summed E-state index contributed by atoms with van der Waals surface area (Å²) in [4.78, 5) is 25.9. The molecule has 1 amide bonds. The van der Waals surface area contributed by atoms with Crippen LogP contribution in [0, 0.1) is 5.82 Å². The van der Waals surface area contributed by atoms with Crippen molar-refractivity contribution in [1.29, 1.82) is 0 Å². The van der Waals surface area contributed by atoms with Crippen molar-refractivity contribution in [1.82, 2.24) is 15.1 Å². The van der Waals surface area contributed by atoms with Gasteiger partial charge in [-0.15, -0.1) is 0 Å². The van der Waals surface area contributed by atoms with Crippen molar-refractivity contribution < 1.29 is 13.9 Å². The number of rotatable bonds is 6. The van der Waals surface area contributed by atoms with Crippen molar-refractivity contribution in [3.05, 3.63) is 65.6 Å². The average Bonchev–Trinajstić information content (AvgIpc) is 3.51. The first-order valence-electron chi connectivity index (χ1n) is 12.1. The molecule has 2 aliphatic heterocycles. The summed E-state index contributed by atoms with van der Waals surface area (Å²) >= 11 is 0. The Hall–Kier alpha value is -4.32. The van der Waals surface area contributed by atoms with Crippen LogP contribution in [0.1, 0.15) is 43.2 Å². The molecule has 0 spiro atoms. The lowest BCUT2D eigenvalue weighted by Crippen LogP contribution is -2.36. The number of allylic oxidation sites excluding steroid dienone is 1. The summed E-state index contributed by atoms with van der Waals surface area (Å²) in [6, 6.07) is 5.85. The number of carbonyl (C=O) groups excluding carboxylic acids is 1. The molecule has 2 aliphatic rings. The predicted molar refractivity (Wildman–Crippen MR) is 147 cm³/mol. The van der Waals surface area contributed by atoms with Crippen LogP contribution in [0.25, 0.3) is 0 Å². The zero-order valence-corrected chi connectivity index (χ0v) is 21.9. The van der Waals surface area contributed by atoms with Gasteiger partial charge in [-0.2, -0.15) is 5.10 Å². The Morgan fingerprint density at radius 1 is 1.32 bits per heavy atom. The monoisotopic (exact) mass is 521 g/mol. The second-order valence-electron chi connectivity index (χ2n) is 9.92. The van der Waals surface area contributed by atoms with Crippen LogP contribution < -0.4 is 21.7 Å². The zero-order chi connectivity index (χ0) is 27.4. The first-order valence-corrected chi connectivity index (χ1v) is 12.1. The fourth-order valence-electron chi connectivity index (χ4n) is 3.77. The van der Waals surface area contributed by atoms with E-state index in [2.05, 4.69) is 42.6 Å². The summed E-state index contributed by atoms with van der Waals surface area (Å²) in [7, 11) is 1.74. The molecule has 12 heteroatoms. The van der Waals surface area contributed by atoms with Crippen molar-refractivity contribution in [2.45, 2.75) is 38.6 Å². The van der Waals surface area contributed by atoms with E-state index in [1.54, 1.807) is 11.7 Å². The van der Waals surface area contributed by atoms with Gasteiger partial charge in [-0.3, -0.25) is 14.5 Å². The summed E-state index contributed by atoms with van der Waals surface area (Å²) in [6.07, 6.45) is 3.66. The van der Waals surface area contributed by atoms with E-state index in [1.807, 2.05) is 26.8 Å². The Labute approximate surface area is 220 Å². The highest BCUT2D eigenvalue weighted by Crippen LogP contribution is 2.24. The largest absolute Gasteiger partial charge is 0.383 e. The van der Waals surface area contributed by atoms with Crippen LogP contribution in [0.2, 0.25) is 0 Å². The molecule has 38 heavy (non-hydrogen) atoms. The zero-order valence-electron chi connectivity index (χ0n) is 21.9. The number of hydrogen-bond donors (Lipinski definition) is 4. The maximum atomic E-state index is 14.8. The molecular formula is C26H32FN9O2. The lowest BCUT2D eigenvalue weighted by atomic mass is 9.92. The molecule has 1 aromatic carbocycles. The number of nitrogens with two attached hydrogens (primary N) is 1. The van der Waals surface area contributed by atoms with Gasteiger partial charge in [-0.1, -0.05) is 27.4 Å². The van der Waals surface area contributed by atoms with E-state index in [0.29, 0.717) is 30.7 Å². The Bertz CT molecular complexity index is 1360. The van der Waals surface area contributed by atoms with Crippen molar-refractivity contribution in [2.24, 2.45) is 27.8 Å². The summed E-state index contributed by atoms with van der Waals surface area (Å²) in [5.41, 5.74) is 7.78. The first-order chi connectivity index (χ1) is 18.0. The van der Waals surface area contributed by atoms with E-state index < -0.39 is 11.7 Å². The number of aryl methyl sites for hydroxylation is 1. The Morgan fingerprint density at radius 3 is 2.76 bits per heavy atom. The third kappa shape index (κ3) is 6.14. The van der Waals surface area contributed by atoms with Crippen LogP contribution in [0.5, 0.6) is 0 Å². The molecule has 1 aromatic heterocycles. The third-order valence-corrected chi connectivity index (χ3v) is 5.91. The quantitative estimate of drug-likeness (QED) is 0.460. The number of amides is 1. The molecular weight excluding hydrogens is 489 g/mol. The second kappa shape index (κ2) is 11.0. The van der Waals surface area contributed by atoms with Crippen LogP contribution in [0.4, 0.5) is 15.9 Å². The molecule has 5 N–H and O–H groups in total. The Balaban J connectivity index is 1.57. The van der Waals surface area contributed by atoms with Gasteiger partial charge in [-0.25, -0.2) is 14.4 Å². The highest BCUT2D eigenvalue weighted by molar-refractivity contribution is 6.41. The second-order valence-corrected chi connectivity index (χ2v) is 9.92. The lowest BCUT2D eigenvalue weighted by molar-refractivity contribution is 0.102. The highest BCUT2D eigenvalue weighted by atomic mass is 19.1. The topological polar surface area (TPSA) is 143 Å². The fourth-order valence-corrected chi connectivity index (χ4v) is 3.77. The molecule has 0 saturated carbocycles. The molecule has 11 nitrogen and oxygen atoms in total. The summed E-state index contributed by atoms with van der Waals surface area (Å²) in [5.74, 6) is -0.143. The van der Waals surface area contributed by atoms with Crippen molar-refractivity contribution in [3.63, 3.8) is 0 Å². The molecule has 4 rings (SSSR count). The number of nitrogens with one attached hydrogen (secondary N) is 3. The number of aliphatic imine (C=N–C) groups is 3. The highest BCUT2D eigenvalue weighted by Gasteiger charge is 2.22. The number of anilines is 2. The maximum absolute atomic E-state index is 14.8. The minimum absolute atomic E-state index is 0.00240. The van der Waals surface area contributed by atoms with Gasteiger partial charge in [0.1, 0.15) is 28.9 Å². The van der Waals surface area contributed by atoms with Gasteiger partial charge in [0.05, 0.1) is 30.2 Å². The van der Waals surface area contributed by atoms with Crippen molar-refractivity contribution in [3.8, 4) is 0 Å². The van der Waals surface area contributed by atoms with Gasteiger partial charge < -0.3 is 26.4 Å². The van der Waals surface area contributed by atoms with Gasteiger partial charge in [0.2, 0.25) is 5.96 Å². The van der Waals surface area contributed by atoms with Crippen molar-refractivity contribution >= 4 is 35.3 Å². The van der Waals surface area contributed by atoms with E-state index in [9.17, 15) is 9.18 Å². The lowest BCUT2D eigenvalue weighted by Gasteiger charge is -2.17. The fraction of sp³-hybridized carbons (Fsp3) is 0.346. The normalized spacial score (nSPS) is 19.8. The Kier molecular flexibility index (Phi) is 7.72. The molecule has 200 valence electrons. The smallest absolute Gasteiger partial charge is 0.256 e. The molecule has 0 bridgehead atoms. The number of halogens is 1. The van der Waals surface area contributed by atoms with E-state index >= 15 is 0 Å². The molecule has 3 heterocycles. The minimum Gasteiger partial charge on any atom is -0.383 e. The number of nitrogens with zero attached hydrogens (tertiary/aromatic N) is 5. The molecule has 2 aromatic rings. The van der Waals surface area contributed by atoms with E-state index in [0.717, 1.165) is 12.1 Å². The SMILES string of the molecule is C=C/N=C1/C=NC(NC2CCOC2)=N/C1=C(/N)Nc1cc(C(=O)Nc2cc(C(C)(C)C)nn2C)ccc1F. The summed E-state index contributed by atoms with van der Waals surface area (Å²) in [6.45, 7) is 10.9. The van der Waals surface area contributed by atoms with Gasteiger partial charge >= 0.3 is 0 Å². The van der Waals surface area contributed by atoms with E-state index in [4.69, 9.17) is 10.5 Å². The van der Waals surface area contributed by atoms with Crippen LogP contribution in [0.15, 0.2) is 63.5 Å². The van der Waals surface area contributed by atoms with Crippen LogP contribution in [-0.2, 0) is 17.2 Å². The molecule has 1 saturated heterocycles. The number of ether oxygens (including phenoxy) is 1. The third-order valence-electron chi connectivity index (χ3n) is 5.91. The van der Waals surface area contributed by atoms with E-state index in [1.165, 1.54) is 30.6 Å². The summed E-state index contributed by atoms with van der Waals surface area (Å²) in [5, 5.41) is 13.3. The Morgan fingerprint density at radius 2 is 2.11 bits per heavy atom. The number of aromatic nitrogens is 2. The predicted octanol–water partition coefficient (Wildman–Crippen LogP) is 3.05.